The second-order valence-corrected chi connectivity index (χ2v) is 5.86. The molecule has 0 aliphatic carbocycles. The molecule has 0 spiro atoms. The van der Waals surface area contributed by atoms with Crippen LogP contribution in [0.4, 0.5) is 26.3 Å². The third-order valence-electron chi connectivity index (χ3n) is 3.58. The number of alkyl halides is 6. The molecule has 0 atom stereocenters. The van der Waals surface area contributed by atoms with Crippen molar-refractivity contribution < 1.29 is 26.3 Å². The molecular formula is C14H10F6N6S. The summed E-state index contributed by atoms with van der Waals surface area (Å²) in [6.07, 6.45) is -9.45. The van der Waals surface area contributed by atoms with Gasteiger partial charge in [-0.15, -0.1) is 10.2 Å². The lowest BCUT2D eigenvalue weighted by atomic mass is 10.2. The van der Waals surface area contributed by atoms with Gasteiger partial charge in [0, 0.05) is 19.7 Å². The van der Waals surface area contributed by atoms with Crippen molar-refractivity contribution in [2.75, 3.05) is 0 Å². The zero-order valence-corrected chi connectivity index (χ0v) is 14.5. The monoisotopic (exact) mass is 408 g/mol. The predicted molar refractivity (Wildman–Crippen MR) is 83.4 cm³/mol. The Morgan fingerprint density at radius 3 is 1.93 bits per heavy atom. The molecule has 0 bridgehead atoms. The minimum absolute atomic E-state index is 0.0578. The van der Waals surface area contributed by atoms with E-state index in [-0.39, 0.29) is 21.8 Å². The molecule has 0 saturated carbocycles. The van der Waals surface area contributed by atoms with Gasteiger partial charge in [-0.05, 0) is 36.5 Å². The van der Waals surface area contributed by atoms with Crippen LogP contribution in [0.2, 0.25) is 0 Å². The number of rotatable bonds is 2. The van der Waals surface area contributed by atoms with Crippen molar-refractivity contribution >= 4 is 12.2 Å². The average Bonchev–Trinajstić information content (AvgIpc) is 3.08. The Labute approximate surface area is 152 Å². The van der Waals surface area contributed by atoms with Crippen LogP contribution in [0.15, 0.2) is 24.3 Å². The maximum Gasteiger partial charge on any atom is 0.453 e. The Hall–Kier alpha value is -2.70. The van der Waals surface area contributed by atoms with Crippen LogP contribution < -0.4 is 0 Å². The zero-order chi connectivity index (χ0) is 20.1. The number of benzene rings is 1. The summed E-state index contributed by atoms with van der Waals surface area (Å²) in [5.74, 6) is -2.60. The molecule has 0 fully saturated rings. The summed E-state index contributed by atoms with van der Waals surface area (Å²) in [6.45, 7) is 0. The summed E-state index contributed by atoms with van der Waals surface area (Å²) < 4.78 is 80.0. The van der Waals surface area contributed by atoms with Gasteiger partial charge in [-0.2, -0.15) is 26.3 Å². The van der Waals surface area contributed by atoms with E-state index < -0.39 is 24.0 Å². The van der Waals surface area contributed by atoms with Crippen LogP contribution in [0, 0.1) is 4.77 Å². The van der Waals surface area contributed by atoms with Gasteiger partial charge in [0.15, 0.2) is 5.82 Å². The molecule has 2 aromatic heterocycles. The lowest BCUT2D eigenvalue weighted by Crippen LogP contribution is -2.14. The van der Waals surface area contributed by atoms with E-state index in [1.807, 2.05) is 0 Å². The van der Waals surface area contributed by atoms with Crippen LogP contribution in [0.5, 0.6) is 0 Å². The van der Waals surface area contributed by atoms with E-state index >= 15 is 0 Å². The summed E-state index contributed by atoms with van der Waals surface area (Å²) >= 11 is 4.97. The van der Waals surface area contributed by atoms with E-state index in [1.165, 1.54) is 38.4 Å². The molecule has 27 heavy (non-hydrogen) atoms. The molecule has 3 aromatic rings. The topological polar surface area (TPSA) is 53.5 Å². The second-order valence-electron chi connectivity index (χ2n) is 5.49. The molecule has 0 aliphatic heterocycles. The quantitative estimate of drug-likeness (QED) is 0.479. The molecule has 6 nitrogen and oxygen atoms in total. The number of hydrogen-bond donors (Lipinski definition) is 0. The average molecular weight is 408 g/mol. The van der Waals surface area contributed by atoms with Crippen molar-refractivity contribution in [1.82, 2.24) is 29.1 Å². The van der Waals surface area contributed by atoms with Gasteiger partial charge in [0.05, 0.1) is 5.69 Å². The molecule has 13 heteroatoms. The normalized spacial score (nSPS) is 12.6. The van der Waals surface area contributed by atoms with E-state index in [4.69, 9.17) is 12.2 Å². The fourth-order valence-electron chi connectivity index (χ4n) is 2.40. The van der Waals surface area contributed by atoms with Crippen molar-refractivity contribution in [2.24, 2.45) is 14.1 Å². The molecule has 144 valence electrons. The van der Waals surface area contributed by atoms with Gasteiger partial charge < -0.3 is 0 Å². The predicted octanol–water partition coefficient (Wildman–Crippen LogP) is 3.77. The Bertz CT molecular complexity index is 1040. The van der Waals surface area contributed by atoms with Crippen molar-refractivity contribution in [1.29, 1.82) is 0 Å². The third-order valence-corrected chi connectivity index (χ3v) is 4.03. The van der Waals surface area contributed by atoms with E-state index in [9.17, 15) is 26.3 Å². The number of halogens is 6. The highest BCUT2D eigenvalue weighted by atomic mass is 32.1. The SMILES string of the molecule is Cn1nc(C(F)(F)F)nc1-c1ccc(-n2c(C(F)(F)F)nn(C)c2=S)cc1. The zero-order valence-electron chi connectivity index (χ0n) is 13.7. The maximum absolute atomic E-state index is 13.2. The fourth-order valence-corrected chi connectivity index (χ4v) is 2.63. The molecule has 3 rings (SSSR count). The van der Waals surface area contributed by atoms with Crippen molar-refractivity contribution in [2.45, 2.75) is 12.4 Å². The summed E-state index contributed by atoms with van der Waals surface area (Å²) in [7, 11) is 2.56. The van der Waals surface area contributed by atoms with Crippen LogP contribution in [-0.2, 0) is 26.4 Å². The highest BCUT2D eigenvalue weighted by molar-refractivity contribution is 7.71. The summed E-state index contributed by atoms with van der Waals surface area (Å²) in [5.41, 5.74) is 0.301. The Morgan fingerprint density at radius 2 is 1.44 bits per heavy atom. The van der Waals surface area contributed by atoms with E-state index in [2.05, 4.69) is 15.2 Å². The minimum Gasteiger partial charge on any atom is -0.264 e. The largest absolute Gasteiger partial charge is 0.453 e. The number of hydrogen-bond acceptors (Lipinski definition) is 4. The molecule has 2 heterocycles. The van der Waals surface area contributed by atoms with Gasteiger partial charge in [-0.25, -0.2) is 14.3 Å². The highest BCUT2D eigenvalue weighted by Crippen LogP contribution is 2.31. The van der Waals surface area contributed by atoms with Crippen molar-refractivity contribution in [3.8, 4) is 17.1 Å². The van der Waals surface area contributed by atoms with Gasteiger partial charge in [0.25, 0.3) is 5.82 Å². The molecule has 0 radical (unpaired) electrons. The maximum atomic E-state index is 13.2. The molecule has 0 saturated heterocycles. The lowest BCUT2D eigenvalue weighted by molar-refractivity contribution is -0.146. The van der Waals surface area contributed by atoms with Crippen molar-refractivity contribution in [3.63, 3.8) is 0 Å². The van der Waals surface area contributed by atoms with Gasteiger partial charge in [0.2, 0.25) is 10.6 Å². The Morgan fingerprint density at radius 1 is 0.852 bits per heavy atom. The molecule has 1 aromatic carbocycles. The molecule has 0 N–H and O–H groups in total. The Balaban J connectivity index is 2.06. The Kier molecular flexibility index (Phi) is 4.37. The fraction of sp³-hybridized carbons (Fsp3) is 0.286. The molecule has 0 unspecified atom stereocenters. The van der Waals surface area contributed by atoms with Crippen LogP contribution in [-0.4, -0.2) is 29.1 Å². The van der Waals surface area contributed by atoms with Crippen LogP contribution in [0.1, 0.15) is 11.6 Å². The first-order chi connectivity index (χ1) is 12.4. The van der Waals surface area contributed by atoms with Crippen LogP contribution in [0.25, 0.3) is 17.1 Å². The molecule has 0 amide bonds. The number of aryl methyl sites for hydroxylation is 2. The van der Waals surface area contributed by atoms with Crippen molar-refractivity contribution in [3.05, 3.63) is 40.7 Å². The van der Waals surface area contributed by atoms with Crippen LogP contribution >= 0.6 is 12.2 Å². The standard InChI is InChI=1S/C14H10F6N6S/c1-24-9(21-10(22-24)13(15,16)17)7-3-5-8(6-4-7)26-11(14(18,19)20)23-25(2)12(26)27/h3-6H,1-2H3. The third kappa shape index (κ3) is 3.46. The second kappa shape index (κ2) is 6.18. The van der Waals surface area contributed by atoms with E-state index in [0.717, 1.165) is 13.9 Å². The van der Waals surface area contributed by atoms with Gasteiger partial charge >= 0.3 is 12.4 Å². The number of aromatic nitrogens is 6. The smallest absolute Gasteiger partial charge is 0.264 e. The van der Waals surface area contributed by atoms with Gasteiger partial charge in [-0.1, -0.05) is 0 Å². The first-order valence-electron chi connectivity index (χ1n) is 7.22. The summed E-state index contributed by atoms with van der Waals surface area (Å²) in [5, 5.41) is 6.68. The summed E-state index contributed by atoms with van der Waals surface area (Å²) in [4.78, 5) is 3.44. The van der Waals surface area contributed by atoms with Gasteiger partial charge in [0.1, 0.15) is 0 Å². The first kappa shape index (κ1) is 19.1. The van der Waals surface area contributed by atoms with Crippen LogP contribution in [0.3, 0.4) is 0 Å². The highest BCUT2D eigenvalue weighted by Gasteiger charge is 2.39. The van der Waals surface area contributed by atoms with Gasteiger partial charge in [-0.3, -0.25) is 4.57 Å². The van der Waals surface area contributed by atoms with E-state index in [0.29, 0.717) is 0 Å². The molecule has 0 aliphatic rings. The molecular weight excluding hydrogens is 398 g/mol. The minimum atomic E-state index is -4.74. The first-order valence-corrected chi connectivity index (χ1v) is 7.62. The number of nitrogens with zero attached hydrogens (tertiary/aromatic N) is 6. The lowest BCUT2D eigenvalue weighted by Gasteiger charge is -2.09. The summed E-state index contributed by atoms with van der Waals surface area (Å²) in [6, 6.07) is 5.22. The van der Waals surface area contributed by atoms with E-state index in [1.54, 1.807) is 0 Å².